The van der Waals surface area contributed by atoms with Gasteiger partial charge in [0.25, 0.3) is 0 Å². The minimum absolute atomic E-state index is 0.716. The SMILES string of the molecule is CSCCCOc1ccc2ccccc2c1CNC1CC1. The summed E-state index contributed by atoms with van der Waals surface area (Å²) in [6.07, 6.45) is 5.87. The van der Waals surface area contributed by atoms with Gasteiger partial charge in [0.1, 0.15) is 5.75 Å². The molecule has 2 aromatic carbocycles. The highest BCUT2D eigenvalue weighted by Crippen LogP contribution is 2.29. The number of nitrogens with one attached hydrogen (secondary N) is 1. The highest BCUT2D eigenvalue weighted by molar-refractivity contribution is 7.98. The van der Waals surface area contributed by atoms with Gasteiger partial charge in [-0.25, -0.2) is 0 Å². The highest BCUT2D eigenvalue weighted by Gasteiger charge is 2.21. The highest BCUT2D eigenvalue weighted by atomic mass is 32.2. The van der Waals surface area contributed by atoms with E-state index in [0.29, 0.717) is 6.04 Å². The predicted molar refractivity (Wildman–Crippen MR) is 92.3 cm³/mol. The Labute approximate surface area is 131 Å². The van der Waals surface area contributed by atoms with Crippen molar-refractivity contribution in [3.05, 3.63) is 42.0 Å². The van der Waals surface area contributed by atoms with Crippen molar-refractivity contribution in [1.29, 1.82) is 0 Å². The Morgan fingerprint density at radius 1 is 1.19 bits per heavy atom. The maximum absolute atomic E-state index is 6.05. The summed E-state index contributed by atoms with van der Waals surface area (Å²) in [7, 11) is 0. The smallest absolute Gasteiger partial charge is 0.124 e. The quantitative estimate of drug-likeness (QED) is 0.738. The fourth-order valence-corrected chi connectivity index (χ4v) is 2.96. The minimum Gasteiger partial charge on any atom is -0.493 e. The molecule has 1 fully saturated rings. The number of ether oxygens (including phenoxy) is 1. The van der Waals surface area contributed by atoms with Crippen LogP contribution in [0.3, 0.4) is 0 Å². The van der Waals surface area contributed by atoms with Gasteiger partial charge >= 0.3 is 0 Å². The molecular formula is C18H23NOS. The molecular weight excluding hydrogens is 278 g/mol. The lowest BCUT2D eigenvalue weighted by Crippen LogP contribution is -2.16. The molecule has 0 atom stereocenters. The first kappa shape index (κ1) is 14.7. The molecule has 0 unspecified atom stereocenters. The van der Waals surface area contributed by atoms with Gasteiger partial charge in [-0.05, 0) is 48.1 Å². The number of hydrogen-bond acceptors (Lipinski definition) is 3. The lowest BCUT2D eigenvalue weighted by Gasteiger charge is -2.15. The standard InChI is InChI=1S/C18H23NOS/c1-21-12-4-11-20-18-10-7-14-5-2-3-6-16(14)17(18)13-19-15-8-9-15/h2-3,5-7,10,15,19H,4,8-9,11-13H2,1H3. The van der Waals surface area contributed by atoms with Gasteiger partial charge < -0.3 is 10.1 Å². The molecule has 112 valence electrons. The Morgan fingerprint density at radius 2 is 2.05 bits per heavy atom. The Morgan fingerprint density at radius 3 is 2.86 bits per heavy atom. The zero-order valence-electron chi connectivity index (χ0n) is 12.6. The monoisotopic (exact) mass is 301 g/mol. The zero-order valence-corrected chi connectivity index (χ0v) is 13.4. The van der Waals surface area contributed by atoms with Crippen molar-refractivity contribution in [1.82, 2.24) is 5.32 Å². The van der Waals surface area contributed by atoms with Crippen LogP contribution < -0.4 is 10.1 Å². The van der Waals surface area contributed by atoms with Gasteiger partial charge in [0.05, 0.1) is 6.61 Å². The number of thioether (sulfide) groups is 1. The van der Waals surface area contributed by atoms with Crippen molar-refractivity contribution in [2.24, 2.45) is 0 Å². The molecule has 21 heavy (non-hydrogen) atoms. The van der Waals surface area contributed by atoms with Crippen LogP contribution in [0.1, 0.15) is 24.8 Å². The van der Waals surface area contributed by atoms with Crippen molar-refractivity contribution >= 4 is 22.5 Å². The molecule has 0 bridgehead atoms. The summed E-state index contributed by atoms with van der Waals surface area (Å²) in [5.74, 6) is 2.20. The van der Waals surface area contributed by atoms with Gasteiger partial charge in [-0.1, -0.05) is 30.3 Å². The van der Waals surface area contributed by atoms with E-state index in [1.165, 1.54) is 29.2 Å². The maximum atomic E-state index is 6.05. The van der Waals surface area contributed by atoms with E-state index in [4.69, 9.17) is 4.74 Å². The summed E-state index contributed by atoms with van der Waals surface area (Å²) in [5.41, 5.74) is 1.31. The van der Waals surface area contributed by atoms with Crippen molar-refractivity contribution in [3.8, 4) is 5.75 Å². The lowest BCUT2D eigenvalue weighted by molar-refractivity contribution is 0.315. The molecule has 0 radical (unpaired) electrons. The average Bonchev–Trinajstić information content (AvgIpc) is 3.34. The molecule has 1 saturated carbocycles. The number of benzene rings is 2. The molecule has 3 rings (SSSR count). The first-order chi connectivity index (χ1) is 10.4. The molecule has 0 aliphatic heterocycles. The molecule has 1 aliphatic carbocycles. The molecule has 0 amide bonds. The van der Waals surface area contributed by atoms with Crippen LogP contribution in [0.4, 0.5) is 0 Å². The minimum atomic E-state index is 0.716. The summed E-state index contributed by atoms with van der Waals surface area (Å²) >= 11 is 1.87. The van der Waals surface area contributed by atoms with Crippen LogP contribution >= 0.6 is 11.8 Å². The van der Waals surface area contributed by atoms with Crippen LogP contribution in [0.15, 0.2) is 36.4 Å². The Bertz CT molecular complexity index is 595. The topological polar surface area (TPSA) is 21.3 Å². The molecule has 0 saturated heterocycles. The second-order valence-electron chi connectivity index (χ2n) is 5.61. The second kappa shape index (κ2) is 7.19. The summed E-state index contributed by atoms with van der Waals surface area (Å²) < 4.78 is 6.05. The molecule has 3 heteroatoms. The Kier molecular flexibility index (Phi) is 5.04. The first-order valence-corrected chi connectivity index (χ1v) is 9.13. The Balaban J connectivity index is 1.80. The van der Waals surface area contributed by atoms with Gasteiger partial charge in [-0.15, -0.1) is 0 Å². The predicted octanol–water partition coefficient (Wildman–Crippen LogP) is 4.22. The molecule has 0 aromatic heterocycles. The van der Waals surface area contributed by atoms with Gasteiger partial charge in [0.15, 0.2) is 0 Å². The Hall–Kier alpha value is -1.19. The van der Waals surface area contributed by atoms with Crippen molar-refractivity contribution in [2.75, 3.05) is 18.6 Å². The molecule has 0 spiro atoms. The van der Waals surface area contributed by atoms with Crippen molar-refractivity contribution in [3.63, 3.8) is 0 Å². The first-order valence-electron chi connectivity index (χ1n) is 7.74. The number of rotatable bonds is 8. The molecule has 0 heterocycles. The van der Waals surface area contributed by atoms with Gasteiger partial charge in [-0.2, -0.15) is 11.8 Å². The fraction of sp³-hybridized carbons (Fsp3) is 0.444. The summed E-state index contributed by atoms with van der Waals surface area (Å²) in [5, 5.41) is 6.23. The third kappa shape index (κ3) is 3.92. The molecule has 2 nitrogen and oxygen atoms in total. The summed E-state index contributed by atoms with van der Waals surface area (Å²) in [4.78, 5) is 0. The van der Waals surface area contributed by atoms with Crippen molar-refractivity contribution in [2.45, 2.75) is 31.8 Å². The molecule has 1 N–H and O–H groups in total. The molecule has 1 aliphatic rings. The van der Waals surface area contributed by atoms with Crippen LogP contribution in [-0.4, -0.2) is 24.7 Å². The van der Waals surface area contributed by atoms with E-state index in [9.17, 15) is 0 Å². The zero-order chi connectivity index (χ0) is 14.5. The third-order valence-corrected chi connectivity index (χ3v) is 4.59. The van der Waals surface area contributed by atoms with Crippen LogP contribution in [0, 0.1) is 0 Å². The fourth-order valence-electron chi connectivity index (χ4n) is 2.55. The average molecular weight is 301 g/mol. The van der Waals surface area contributed by atoms with Gasteiger partial charge in [-0.3, -0.25) is 0 Å². The van der Waals surface area contributed by atoms with E-state index in [2.05, 4.69) is 48.0 Å². The van der Waals surface area contributed by atoms with Crippen LogP contribution in [0.2, 0.25) is 0 Å². The van der Waals surface area contributed by atoms with Crippen molar-refractivity contribution < 1.29 is 4.74 Å². The van der Waals surface area contributed by atoms with Crippen LogP contribution in [0.25, 0.3) is 10.8 Å². The van der Waals surface area contributed by atoms with Gasteiger partial charge in [0.2, 0.25) is 0 Å². The van der Waals surface area contributed by atoms with E-state index in [1.54, 1.807) is 0 Å². The summed E-state index contributed by atoms with van der Waals surface area (Å²) in [6, 6.07) is 13.6. The largest absolute Gasteiger partial charge is 0.493 e. The number of hydrogen-bond donors (Lipinski definition) is 1. The third-order valence-electron chi connectivity index (χ3n) is 3.89. The van der Waals surface area contributed by atoms with Crippen LogP contribution in [0.5, 0.6) is 5.75 Å². The van der Waals surface area contributed by atoms with E-state index < -0.39 is 0 Å². The van der Waals surface area contributed by atoms with E-state index in [1.807, 2.05) is 11.8 Å². The van der Waals surface area contributed by atoms with E-state index in [0.717, 1.165) is 31.1 Å². The van der Waals surface area contributed by atoms with E-state index >= 15 is 0 Å². The molecule has 2 aromatic rings. The second-order valence-corrected chi connectivity index (χ2v) is 6.60. The van der Waals surface area contributed by atoms with Crippen LogP contribution in [-0.2, 0) is 6.54 Å². The maximum Gasteiger partial charge on any atom is 0.124 e. The lowest BCUT2D eigenvalue weighted by atomic mass is 10.0. The summed E-state index contributed by atoms with van der Waals surface area (Å²) in [6.45, 7) is 1.71. The number of fused-ring (bicyclic) bond motifs is 1. The van der Waals surface area contributed by atoms with E-state index in [-0.39, 0.29) is 0 Å². The van der Waals surface area contributed by atoms with Gasteiger partial charge in [0, 0.05) is 18.2 Å². The normalized spacial score (nSPS) is 14.5.